The van der Waals surface area contributed by atoms with E-state index in [-0.39, 0.29) is 41.7 Å². The molecule has 2 aromatic carbocycles. The van der Waals surface area contributed by atoms with Crippen LogP contribution in [-0.2, 0) is 6.54 Å². The number of halogens is 1. The largest absolute Gasteiger partial charge is 0.487 e. The monoisotopic (exact) mass is 510 g/mol. The number of carbonyl (C=O) groups excluding carboxylic acids is 2. The van der Waals surface area contributed by atoms with Crippen LogP contribution in [-0.4, -0.2) is 73.0 Å². The highest BCUT2D eigenvalue weighted by molar-refractivity contribution is 6.04. The van der Waals surface area contributed by atoms with Crippen LogP contribution in [0.15, 0.2) is 42.5 Å². The first-order valence-corrected chi connectivity index (χ1v) is 13.3. The molecule has 1 saturated heterocycles. The zero-order valence-corrected chi connectivity index (χ0v) is 22.3. The maximum Gasteiger partial charge on any atom is 0.257 e. The molecule has 4 rings (SSSR count). The van der Waals surface area contributed by atoms with Crippen LogP contribution in [0, 0.1) is 11.7 Å². The Hall–Kier alpha value is -2.97. The average Bonchev–Trinajstić information content (AvgIpc) is 2.87. The first kappa shape index (κ1) is 27.1. The van der Waals surface area contributed by atoms with Crippen molar-refractivity contribution in [1.29, 1.82) is 0 Å². The molecule has 2 aromatic rings. The fourth-order valence-electron chi connectivity index (χ4n) is 5.11. The van der Waals surface area contributed by atoms with Crippen molar-refractivity contribution in [3.8, 4) is 5.75 Å². The fourth-order valence-corrected chi connectivity index (χ4v) is 5.11. The molecule has 0 radical (unpaired) electrons. The molecule has 0 saturated carbocycles. The van der Waals surface area contributed by atoms with E-state index in [1.807, 2.05) is 25.8 Å². The van der Waals surface area contributed by atoms with Crippen molar-refractivity contribution >= 4 is 11.8 Å². The standard InChI is InChI=1S/C29H39FN4O3/c1-19(2)34-16-20(3)26(18-33(4)17-21-8-10-22(30)11-9-21)37-27-24(6-5-7-25(27)29(34)36)28(35)32-23-12-14-31-15-13-23/h5-11,19-20,23,26,31H,12-18H2,1-4H3,(H,32,35). The first-order valence-electron chi connectivity index (χ1n) is 13.3. The Kier molecular flexibility index (Phi) is 8.82. The highest BCUT2D eigenvalue weighted by atomic mass is 19.1. The topological polar surface area (TPSA) is 73.9 Å². The summed E-state index contributed by atoms with van der Waals surface area (Å²) in [6.45, 7) is 9.61. The van der Waals surface area contributed by atoms with Crippen molar-refractivity contribution in [3.05, 3.63) is 65.0 Å². The van der Waals surface area contributed by atoms with Crippen LogP contribution in [0.5, 0.6) is 5.75 Å². The second kappa shape index (κ2) is 12.0. The third kappa shape index (κ3) is 6.67. The Labute approximate surface area is 219 Å². The summed E-state index contributed by atoms with van der Waals surface area (Å²) in [6, 6.07) is 11.9. The number of piperidine rings is 1. The van der Waals surface area contributed by atoms with Crippen LogP contribution in [0.4, 0.5) is 4.39 Å². The van der Waals surface area contributed by atoms with E-state index in [0.29, 0.717) is 36.5 Å². The molecule has 2 atom stereocenters. The van der Waals surface area contributed by atoms with Gasteiger partial charge in [0.25, 0.3) is 11.8 Å². The van der Waals surface area contributed by atoms with Crippen molar-refractivity contribution in [3.63, 3.8) is 0 Å². The second-order valence-electron chi connectivity index (χ2n) is 10.7. The summed E-state index contributed by atoms with van der Waals surface area (Å²) in [5, 5.41) is 6.46. The van der Waals surface area contributed by atoms with E-state index >= 15 is 0 Å². The number of nitrogens with zero attached hydrogens (tertiary/aromatic N) is 2. The summed E-state index contributed by atoms with van der Waals surface area (Å²) >= 11 is 0. The number of hydrogen-bond acceptors (Lipinski definition) is 5. The van der Waals surface area contributed by atoms with E-state index in [1.165, 1.54) is 12.1 Å². The molecule has 0 aromatic heterocycles. The van der Waals surface area contributed by atoms with Gasteiger partial charge >= 0.3 is 0 Å². The van der Waals surface area contributed by atoms with Gasteiger partial charge in [-0.3, -0.25) is 14.5 Å². The number of rotatable bonds is 7. The van der Waals surface area contributed by atoms with Crippen molar-refractivity contribution in [2.24, 2.45) is 5.92 Å². The lowest BCUT2D eigenvalue weighted by atomic mass is 9.97. The zero-order valence-electron chi connectivity index (χ0n) is 22.3. The van der Waals surface area contributed by atoms with Gasteiger partial charge in [-0.1, -0.05) is 25.1 Å². The number of likely N-dealkylation sites (N-methyl/N-ethyl adjacent to an activating group) is 1. The van der Waals surface area contributed by atoms with Gasteiger partial charge in [-0.05, 0) is 76.7 Å². The number of amides is 2. The van der Waals surface area contributed by atoms with Gasteiger partial charge in [-0.2, -0.15) is 0 Å². The molecule has 1 fully saturated rings. The second-order valence-corrected chi connectivity index (χ2v) is 10.7. The third-order valence-corrected chi connectivity index (χ3v) is 7.29. The predicted molar refractivity (Wildman–Crippen MR) is 142 cm³/mol. The van der Waals surface area contributed by atoms with Crippen molar-refractivity contribution < 1.29 is 18.7 Å². The average molecular weight is 511 g/mol. The molecule has 8 heteroatoms. The fraction of sp³-hybridized carbons (Fsp3) is 0.517. The quantitative estimate of drug-likeness (QED) is 0.595. The van der Waals surface area contributed by atoms with Crippen LogP contribution >= 0.6 is 0 Å². The normalized spacial score (nSPS) is 20.8. The maximum atomic E-state index is 13.6. The van der Waals surface area contributed by atoms with Crippen LogP contribution in [0.2, 0.25) is 0 Å². The molecule has 0 aliphatic carbocycles. The van der Waals surface area contributed by atoms with Gasteiger partial charge in [0, 0.05) is 37.6 Å². The summed E-state index contributed by atoms with van der Waals surface area (Å²) in [5.41, 5.74) is 1.82. The molecule has 200 valence electrons. The molecular formula is C29H39FN4O3. The summed E-state index contributed by atoms with van der Waals surface area (Å²) in [7, 11) is 2.00. The number of nitrogens with one attached hydrogen (secondary N) is 2. The van der Waals surface area contributed by atoms with Crippen LogP contribution in [0.3, 0.4) is 0 Å². The third-order valence-electron chi connectivity index (χ3n) is 7.29. The molecular weight excluding hydrogens is 471 g/mol. The highest BCUT2D eigenvalue weighted by Gasteiger charge is 2.34. The van der Waals surface area contributed by atoms with Crippen molar-refractivity contribution in [1.82, 2.24) is 20.4 Å². The van der Waals surface area contributed by atoms with Gasteiger partial charge < -0.3 is 20.3 Å². The number of hydrogen-bond donors (Lipinski definition) is 2. The van der Waals surface area contributed by atoms with Gasteiger partial charge in [0.1, 0.15) is 17.7 Å². The summed E-state index contributed by atoms with van der Waals surface area (Å²) < 4.78 is 19.9. The van der Waals surface area contributed by atoms with Crippen LogP contribution in [0.1, 0.15) is 59.9 Å². The van der Waals surface area contributed by atoms with Gasteiger partial charge in [0.05, 0.1) is 11.1 Å². The summed E-state index contributed by atoms with van der Waals surface area (Å²) in [6.07, 6.45) is 1.48. The number of carbonyl (C=O) groups is 2. The molecule has 2 aliphatic rings. The van der Waals surface area contributed by atoms with E-state index in [0.717, 1.165) is 31.5 Å². The minimum absolute atomic E-state index is 0.00529. The first-order chi connectivity index (χ1) is 17.7. The number of ether oxygens (including phenoxy) is 1. The van der Waals surface area contributed by atoms with Gasteiger partial charge in [0.2, 0.25) is 0 Å². The van der Waals surface area contributed by atoms with E-state index < -0.39 is 0 Å². The molecule has 0 bridgehead atoms. The molecule has 2 amide bonds. The Morgan fingerprint density at radius 3 is 2.57 bits per heavy atom. The minimum atomic E-state index is -0.258. The summed E-state index contributed by atoms with van der Waals surface area (Å²) in [5.74, 6) is -0.202. The molecule has 2 N–H and O–H groups in total. The minimum Gasteiger partial charge on any atom is -0.487 e. The highest BCUT2D eigenvalue weighted by Crippen LogP contribution is 2.32. The Morgan fingerprint density at radius 2 is 1.89 bits per heavy atom. The number of para-hydroxylation sites is 1. The Morgan fingerprint density at radius 1 is 1.19 bits per heavy atom. The molecule has 7 nitrogen and oxygen atoms in total. The predicted octanol–water partition coefficient (Wildman–Crippen LogP) is 3.69. The Balaban J connectivity index is 1.62. The van der Waals surface area contributed by atoms with E-state index in [2.05, 4.69) is 22.5 Å². The lowest BCUT2D eigenvalue weighted by Gasteiger charge is -2.38. The van der Waals surface area contributed by atoms with E-state index in [4.69, 9.17) is 4.74 Å². The van der Waals surface area contributed by atoms with Crippen molar-refractivity contribution in [2.45, 2.75) is 58.3 Å². The Bertz CT molecular complexity index is 1090. The number of benzene rings is 2. The lowest BCUT2D eigenvalue weighted by molar-refractivity contribution is 0.0426. The smallest absolute Gasteiger partial charge is 0.257 e. The van der Waals surface area contributed by atoms with E-state index in [1.54, 1.807) is 30.3 Å². The van der Waals surface area contributed by atoms with Crippen LogP contribution in [0.25, 0.3) is 0 Å². The van der Waals surface area contributed by atoms with Gasteiger partial charge in [-0.15, -0.1) is 0 Å². The van der Waals surface area contributed by atoms with Crippen LogP contribution < -0.4 is 15.4 Å². The molecule has 2 aliphatic heterocycles. The van der Waals surface area contributed by atoms with Gasteiger partial charge in [-0.25, -0.2) is 4.39 Å². The van der Waals surface area contributed by atoms with Crippen molar-refractivity contribution in [2.75, 3.05) is 33.2 Å². The van der Waals surface area contributed by atoms with E-state index in [9.17, 15) is 14.0 Å². The maximum absolute atomic E-state index is 13.6. The SMILES string of the molecule is CC1CN(C(C)C)C(=O)c2cccc(C(=O)NC3CCNCC3)c2OC1CN(C)Cc1ccc(F)cc1. The summed E-state index contributed by atoms with van der Waals surface area (Å²) in [4.78, 5) is 31.0. The zero-order chi connectivity index (χ0) is 26.5. The molecule has 37 heavy (non-hydrogen) atoms. The van der Waals surface area contributed by atoms with Gasteiger partial charge in [0.15, 0.2) is 0 Å². The molecule has 0 spiro atoms. The lowest BCUT2D eigenvalue weighted by Crippen LogP contribution is -2.48. The molecule has 2 unspecified atom stereocenters. The molecule has 2 heterocycles. The number of fused-ring (bicyclic) bond motifs is 1.